The average Bonchev–Trinajstić information content (AvgIpc) is 2.47. The maximum absolute atomic E-state index is 11.8. The molecule has 1 aliphatic heterocycles. The van der Waals surface area contributed by atoms with Gasteiger partial charge in [0, 0.05) is 6.04 Å². The summed E-state index contributed by atoms with van der Waals surface area (Å²) in [6.07, 6.45) is 5.93. The quantitative estimate of drug-likeness (QED) is 0.673. The van der Waals surface area contributed by atoms with E-state index in [1.165, 1.54) is 25.7 Å². The van der Waals surface area contributed by atoms with Crippen molar-refractivity contribution in [3.8, 4) is 0 Å². The average molecular weight is 224 g/mol. The molecule has 90 valence electrons. The highest BCUT2D eigenvalue weighted by Crippen LogP contribution is 2.27. The van der Waals surface area contributed by atoms with Crippen molar-refractivity contribution in [1.82, 2.24) is 10.2 Å². The Morgan fingerprint density at radius 3 is 2.75 bits per heavy atom. The molecule has 2 unspecified atom stereocenters. The van der Waals surface area contributed by atoms with Gasteiger partial charge in [-0.1, -0.05) is 26.2 Å². The van der Waals surface area contributed by atoms with Crippen LogP contribution in [0.2, 0.25) is 0 Å². The Bertz CT molecular complexity index is 291. The second kappa shape index (κ2) is 4.85. The molecule has 2 aliphatic rings. The Kier molecular flexibility index (Phi) is 3.46. The van der Waals surface area contributed by atoms with Crippen LogP contribution >= 0.6 is 0 Å². The van der Waals surface area contributed by atoms with Gasteiger partial charge in [0.1, 0.15) is 0 Å². The molecule has 0 radical (unpaired) electrons. The van der Waals surface area contributed by atoms with E-state index in [0.29, 0.717) is 5.92 Å². The maximum atomic E-state index is 11.8. The first kappa shape index (κ1) is 11.4. The number of carbonyl (C=O) groups is 2. The van der Waals surface area contributed by atoms with Gasteiger partial charge in [0.05, 0.1) is 13.1 Å². The van der Waals surface area contributed by atoms with E-state index >= 15 is 0 Å². The number of piperazine rings is 1. The fraction of sp³-hybridized carbons (Fsp3) is 0.833. The highest BCUT2D eigenvalue weighted by molar-refractivity contribution is 5.92. The van der Waals surface area contributed by atoms with E-state index in [2.05, 4.69) is 12.2 Å². The topological polar surface area (TPSA) is 49.4 Å². The van der Waals surface area contributed by atoms with Gasteiger partial charge in [-0.2, -0.15) is 0 Å². The summed E-state index contributed by atoms with van der Waals surface area (Å²) in [5.41, 5.74) is 0. The first-order chi connectivity index (χ1) is 7.68. The van der Waals surface area contributed by atoms with Crippen molar-refractivity contribution in [2.24, 2.45) is 5.92 Å². The van der Waals surface area contributed by atoms with Gasteiger partial charge in [0.2, 0.25) is 11.8 Å². The number of hydrogen-bond donors (Lipinski definition) is 1. The Hall–Kier alpha value is -1.06. The molecule has 4 nitrogen and oxygen atoms in total. The second-order valence-corrected chi connectivity index (χ2v) is 4.98. The van der Waals surface area contributed by atoms with Crippen molar-refractivity contribution in [2.45, 2.75) is 45.1 Å². The lowest BCUT2D eigenvalue weighted by Crippen LogP contribution is -2.56. The summed E-state index contributed by atoms with van der Waals surface area (Å²) in [5, 5.41) is 2.60. The summed E-state index contributed by atoms with van der Waals surface area (Å²) in [5.74, 6) is 0.590. The number of rotatable bonds is 1. The van der Waals surface area contributed by atoms with Crippen LogP contribution in [0.4, 0.5) is 0 Å². The molecule has 0 aromatic carbocycles. The smallest absolute Gasteiger partial charge is 0.242 e. The molecule has 0 bridgehead atoms. The Balaban J connectivity index is 2.07. The molecular weight excluding hydrogens is 204 g/mol. The van der Waals surface area contributed by atoms with Crippen LogP contribution in [-0.4, -0.2) is 35.8 Å². The minimum Gasteiger partial charge on any atom is -0.345 e. The molecular formula is C12H20N2O2. The molecule has 4 heteroatoms. The molecule has 2 rings (SSSR count). The van der Waals surface area contributed by atoms with Gasteiger partial charge >= 0.3 is 0 Å². The fourth-order valence-corrected chi connectivity index (χ4v) is 2.81. The van der Waals surface area contributed by atoms with Crippen molar-refractivity contribution in [3.05, 3.63) is 0 Å². The van der Waals surface area contributed by atoms with Gasteiger partial charge in [-0.15, -0.1) is 0 Å². The van der Waals surface area contributed by atoms with Crippen molar-refractivity contribution in [2.75, 3.05) is 13.1 Å². The van der Waals surface area contributed by atoms with Gasteiger partial charge in [-0.05, 0) is 18.8 Å². The Labute approximate surface area is 96.4 Å². The summed E-state index contributed by atoms with van der Waals surface area (Å²) in [4.78, 5) is 25.0. The largest absolute Gasteiger partial charge is 0.345 e. The van der Waals surface area contributed by atoms with Crippen LogP contribution in [0.15, 0.2) is 0 Å². The van der Waals surface area contributed by atoms with Crippen molar-refractivity contribution in [1.29, 1.82) is 0 Å². The molecule has 2 fully saturated rings. The van der Waals surface area contributed by atoms with Gasteiger partial charge in [-0.25, -0.2) is 0 Å². The number of amides is 2. The van der Waals surface area contributed by atoms with Crippen LogP contribution in [0.25, 0.3) is 0 Å². The van der Waals surface area contributed by atoms with Gasteiger partial charge in [0.15, 0.2) is 0 Å². The Morgan fingerprint density at radius 2 is 1.94 bits per heavy atom. The monoisotopic (exact) mass is 224 g/mol. The summed E-state index contributed by atoms with van der Waals surface area (Å²) in [7, 11) is 0. The Morgan fingerprint density at radius 1 is 1.19 bits per heavy atom. The van der Waals surface area contributed by atoms with Gasteiger partial charge < -0.3 is 10.2 Å². The molecule has 1 saturated heterocycles. The lowest BCUT2D eigenvalue weighted by molar-refractivity contribution is -0.144. The third kappa shape index (κ3) is 2.36. The van der Waals surface area contributed by atoms with Crippen LogP contribution in [0.1, 0.15) is 39.0 Å². The minimum absolute atomic E-state index is 0.0175. The minimum atomic E-state index is -0.0175. The molecule has 16 heavy (non-hydrogen) atoms. The number of hydrogen-bond acceptors (Lipinski definition) is 2. The van der Waals surface area contributed by atoms with Crippen LogP contribution in [0.5, 0.6) is 0 Å². The number of nitrogens with zero attached hydrogens (tertiary/aromatic N) is 1. The second-order valence-electron chi connectivity index (χ2n) is 4.98. The van der Waals surface area contributed by atoms with Crippen LogP contribution in [-0.2, 0) is 9.59 Å². The van der Waals surface area contributed by atoms with E-state index in [1.807, 2.05) is 0 Å². The highest BCUT2D eigenvalue weighted by Gasteiger charge is 2.33. The molecule has 2 amide bonds. The van der Waals surface area contributed by atoms with E-state index in [9.17, 15) is 9.59 Å². The zero-order valence-corrected chi connectivity index (χ0v) is 9.87. The van der Waals surface area contributed by atoms with Crippen LogP contribution in [0, 0.1) is 5.92 Å². The van der Waals surface area contributed by atoms with Crippen LogP contribution < -0.4 is 5.32 Å². The first-order valence-corrected chi connectivity index (χ1v) is 6.24. The molecule has 0 aromatic heterocycles. The zero-order valence-electron chi connectivity index (χ0n) is 9.87. The van der Waals surface area contributed by atoms with E-state index in [4.69, 9.17) is 0 Å². The highest BCUT2D eigenvalue weighted by atomic mass is 16.2. The predicted octanol–water partition coefficient (Wildman–Crippen LogP) is 0.914. The van der Waals surface area contributed by atoms with E-state index in [1.54, 1.807) is 4.90 Å². The zero-order chi connectivity index (χ0) is 11.5. The molecule has 1 N–H and O–H groups in total. The summed E-state index contributed by atoms with van der Waals surface area (Å²) < 4.78 is 0. The lowest BCUT2D eigenvalue weighted by atomic mass is 9.95. The molecule has 0 aromatic rings. The summed E-state index contributed by atoms with van der Waals surface area (Å²) in [6, 6.07) is 0.279. The summed E-state index contributed by atoms with van der Waals surface area (Å²) in [6.45, 7) is 2.64. The van der Waals surface area contributed by atoms with E-state index in [0.717, 1.165) is 6.42 Å². The normalized spacial score (nSPS) is 32.2. The third-order valence-corrected chi connectivity index (χ3v) is 3.79. The van der Waals surface area contributed by atoms with E-state index < -0.39 is 0 Å². The molecule has 2 atom stereocenters. The predicted molar refractivity (Wildman–Crippen MR) is 60.8 cm³/mol. The SMILES string of the molecule is CC1CCCCCC1N1CC(=O)NCC1=O. The molecule has 1 heterocycles. The maximum Gasteiger partial charge on any atom is 0.242 e. The molecule has 1 aliphatic carbocycles. The third-order valence-electron chi connectivity index (χ3n) is 3.79. The van der Waals surface area contributed by atoms with Gasteiger partial charge in [0.25, 0.3) is 0 Å². The molecule has 0 spiro atoms. The van der Waals surface area contributed by atoms with Crippen molar-refractivity contribution >= 4 is 11.8 Å². The van der Waals surface area contributed by atoms with Crippen LogP contribution in [0.3, 0.4) is 0 Å². The number of nitrogens with one attached hydrogen (secondary N) is 1. The number of carbonyl (C=O) groups excluding carboxylic acids is 2. The van der Waals surface area contributed by atoms with Crippen molar-refractivity contribution in [3.63, 3.8) is 0 Å². The summed E-state index contributed by atoms with van der Waals surface area (Å²) >= 11 is 0. The van der Waals surface area contributed by atoms with Gasteiger partial charge in [-0.3, -0.25) is 9.59 Å². The molecule has 1 saturated carbocycles. The lowest BCUT2D eigenvalue weighted by Gasteiger charge is -2.37. The first-order valence-electron chi connectivity index (χ1n) is 6.24. The standard InChI is InChI=1S/C12H20N2O2/c1-9-5-3-2-4-6-10(9)14-8-11(15)13-7-12(14)16/h9-10H,2-8H2,1H3,(H,13,15). The van der Waals surface area contributed by atoms with Crippen molar-refractivity contribution < 1.29 is 9.59 Å². The van der Waals surface area contributed by atoms with E-state index in [-0.39, 0.29) is 30.9 Å². The fourth-order valence-electron chi connectivity index (χ4n) is 2.81.